The van der Waals surface area contributed by atoms with Crippen LogP contribution in [0.1, 0.15) is 12.0 Å². The first-order valence-corrected chi connectivity index (χ1v) is 8.17. The van der Waals surface area contributed by atoms with Crippen molar-refractivity contribution in [3.8, 4) is 0 Å². The zero-order chi connectivity index (χ0) is 12.9. The van der Waals surface area contributed by atoms with E-state index in [0.29, 0.717) is 0 Å². The highest BCUT2D eigenvalue weighted by Crippen LogP contribution is 2.55. The van der Waals surface area contributed by atoms with Crippen molar-refractivity contribution in [1.82, 2.24) is 4.90 Å². The third kappa shape index (κ3) is 1.48. The molecule has 0 aromatic heterocycles. The number of amides is 2. The smallest absolute Gasteiger partial charge is 0.284 e. The van der Waals surface area contributed by atoms with Crippen molar-refractivity contribution in [2.75, 3.05) is 5.75 Å². The molecule has 0 N–H and O–H groups in total. The third-order valence-corrected chi connectivity index (χ3v) is 6.61. The molecule has 1 saturated heterocycles. The largest absolute Gasteiger partial charge is 0.348 e. The summed E-state index contributed by atoms with van der Waals surface area (Å²) in [7, 11) is 0. The molecule has 96 valence electrons. The lowest BCUT2D eigenvalue weighted by atomic mass is 9.89. The van der Waals surface area contributed by atoms with Gasteiger partial charge in [0.1, 0.15) is 10.1 Å². The Morgan fingerprint density at radius 3 is 3.00 bits per heavy atom. The molecule has 2 amide bonds. The fourth-order valence-corrected chi connectivity index (χ4v) is 5.92. The highest BCUT2D eigenvalue weighted by Gasteiger charge is 2.55. The molecule has 1 fully saturated rings. The van der Waals surface area contributed by atoms with E-state index in [2.05, 4.69) is 29.3 Å². The number of urea groups is 1. The van der Waals surface area contributed by atoms with E-state index in [0.717, 1.165) is 17.9 Å². The van der Waals surface area contributed by atoms with E-state index in [4.69, 9.17) is 0 Å². The van der Waals surface area contributed by atoms with E-state index in [9.17, 15) is 4.79 Å². The lowest BCUT2D eigenvalue weighted by Gasteiger charge is -2.41. The van der Waals surface area contributed by atoms with Gasteiger partial charge in [-0.1, -0.05) is 30.3 Å². The molecule has 0 aliphatic carbocycles. The maximum Gasteiger partial charge on any atom is 0.348 e. The average Bonchev–Trinajstić information content (AvgIpc) is 3.06. The van der Waals surface area contributed by atoms with Crippen molar-refractivity contribution in [2.45, 2.75) is 16.5 Å². The van der Waals surface area contributed by atoms with Crippen molar-refractivity contribution in [3.05, 3.63) is 47.5 Å². The monoisotopic (exact) mass is 288 g/mol. The van der Waals surface area contributed by atoms with Crippen molar-refractivity contribution in [2.24, 2.45) is 4.99 Å². The summed E-state index contributed by atoms with van der Waals surface area (Å²) in [5.41, 5.74) is 2.31. The van der Waals surface area contributed by atoms with Gasteiger partial charge in [-0.25, -0.2) is 9.79 Å². The molecule has 3 nitrogen and oxygen atoms in total. The van der Waals surface area contributed by atoms with Gasteiger partial charge in [-0.2, -0.15) is 0 Å². The molecule has 0 bridgehead atoms. The minimum Gasteiger partial charge on any atom is -0.284 e. The van der Waals surface area contributed by atoms with Crippen LogP contribution in [-0.4, -0.2) is 27.8 Å². The number of aliphatic imine (C=N–C) groups is 1. The molecule has 4 rings (SSSR count). The second-order valence-corrected chi connectivity index (χ2v) is 7.05. The second-order valence-electron chi connectivity index (χ2n) is 4.72. The van der Waals surface area contributed by atoms with E-state index >= 15 is 0 Å². The molecule has 3 aliphatic heterocycles. The zero-order valence-electron chi connectivity index (χ0n) is 10.2. The van der Waals surface area contributed by atoms with Gasteiger partial charge in [0.05, 0.1) is 0 Å². The van der Waals surface area contributed by atoms with Crippen LogP contribution in [0.25, 0.3) is 0 Å². The Morgan fingerprint density at radius 2 is 2.16 bits per heavy atom. The Kier molecular flexibility index (Phi) is 2.53. The number of hydrogen-bond acceptors (Lipinski definition) is 3. The van der Waals surface area contributed by atoms with Crippen LogP contribution < -0.4 is 0 Å². The Hall–Kier alpha value is -1.20. The van der Waals surface area contributed by atoms with Crippen molar-refractivity contribution in [3.63, 3.8) is 0 Å². The normalized spacial score (nSPS) is 32.2. The quantitative estimate of drug-likeness (QED) is 0.793. The predicted molar refractivity (Wildman–Crippen MR) is 80.4 cm³/mol. The first kappa shape index (κ1) is 11.6. The van der Waals surface area contributed by atoms with E-state index in [1.165, 1.54) is 5.56 Å². The van der Waals surface area contributed by atoms with Gasteiger partial charge in [0, 0.05) is 11.9 Å². The van der Waals surface area contributed by atoms with E-state index in [1.807, 2.05) is 29.4 Å². The molecule has 3 heterocycles. The number of nitrogens with zero attached hydrogens (tertiary/aromatic N) is 2. The molecule has 2 unspecified atom stereocenters. The Labute approximate surface area is 120 Å². The Bertz CT molecular complexity index is 599. The molecule has 0 spiro atoms. The highest BCUT2D eigenvalue weighted by atomic mass is 32.2. The first-order chi connectivity index (χ1) is 9.32. The minimum atomic E-state index is -0.163. The summed E-state index contributed by atoms with van der Waals surface area (Å²) in [5, 5.41) is 2.12. The van der Waals surface area contributed by atoms with Gasteiger partial charge in [-0.15, -0.1) is 23.5 Å². The molecule has 1 aromatic carbocycles. The van der Waals surface area contributed by atoms with Gasteiger partial charge < -0.3 is 0 Å². The maximum atomic E-state index is 12.1. The van der Waals surface area contributed by atoms with Gasteiger partial charge in [0.2, 0.25) is 0 Å². The van der Waals surface area contributed by atoms with E-state index < -0.39 is 0 Å². The number of carbonyl (C=O) groups excluding carboxylic acids is 1. The maximum absolute atomic E-state index is 12.1. The molecular weight excluding hydrogens is 276 g/mol. The lowest BCUT2D eigenvalue weighted by Crippen LogP contribution is -2.51. The summed E-state index contributed by atoms with van der Waals surface area (Å²) in [4.78, 5) is 18.2. The number of thioether (sulfide) groups is 2. The van der Waals surface area contributed by atoms with Crippen LogP contribution in [0.4, 0.5) is 4.79 Å². The van der Waals surface area contributed by atoms with Crippen LogP contribution >= 0.6 is 23.5 Å². The van der Waals surface area contributed by atoms with E-state index in [1.54, 1.807) is 16.7 Å². The molecule has 1 aromatic rings. The SMILES string of the molecule is O=C1N=C2CCSC2(c2ccccc2)C2SC=CN12. The van der Waals surface area contributed by atoms with Crippen LogP contribution in [0.15, 0.2) is 46.9 Å². The molecule has 2 atom stereocenters. The molecule has 5 heteroatoms. The first-order valence-electron chi connectivity index (χ1n) is 6.24. The molecule has 0 radical (unpaired) electrons. The highest BCUT2D eigenvalue weighted by molar-refractivity contribution is 8.06. The lowest BCUT2D eigenvalue weighted by molar-refractivity contribution is 0.217. The van der Waals surface area contributed by atoms with Crippen molar-refractivity contribution >= 4 is 35.3 Å². The minimum absolute atomic E-state index is 0.113. The van der Waals surface area contributed by atoms with Gasteiger partial charge in [-0.05, 0) is 23.1 Å². The number of fused-ring (bicyclic) bond motifs is 3. The molecule has 19 heavy (non-hydrogen) atoms. The van der Waals surface area contributed by atoms with Crippen molar-refractivity contribution < 1.29 is 4.79 Å². The van der Waals surface area contributed by atoms with Crippen LogP contribution in [0.2, 0.25) is 0 Å². The zero-order valence-corrected chi connectivity index (χ0v) is 11.8. The number of rotatable bonds is 1. The van der Waals surface area contributed by atoms with Crippen LogP contribution in [0, 0.1) is 0 Å². The summed E-state index contributed by atoms with van der Waals surface area (Å²) in [6.07, 6.45) is 2.78. The summed E-state index contributed by atoms with van der Waals surface area (Å²) < 4.78 is -0.163. The fourth-order valence-electron chi connectivity index (χ4n) is 2.96. The summed E-state index contributed by atoms with van der Waals surface area (Å²) >= 11 is 3.64. The Balaban J connectivity index is 1.93. The second kappa shape index (κ2) is 4.15. The fraction of sp³-hybridized carbons (Fsp3) is 0.286. The van der Waals surface area contributed by atoms with Crippen LogP contribution in [-0.2, 0) is 4.75 Å². The van der Waals surface area contributed by atoms with Gasteiger partial charge in [0.15, 0.2) is 0 Å². The summed E-state index contributed by atoms with van der Waals surface area (Å²) in [6.45, 7) is 0. The Morgan fingerprint density at radius 1 is 1.32 bits per heavy atom. The number of hydrogen-bond donors (Lipinski definition) is 0. The molecule has 3 aliphatic rings. The standard InChI is InChI=1S/C14H12N2OS2/c17-13-15-11-6-8-19-14(11,10-4-2-1-3-5-10)12-16(13)7-9-18-12/h1-5,7,9,12H,6,8H2. The predicted octanol–water partition coefficient (Wildman–Crippen LogP) is 3.44. The topological polar surface area (TPSA) is 32.7 Å². The number of carbonyl (C=O) groups is 1. The number of benzene rings is 1. The third-order valence-electron chi connectivity index (χ3n) is 3.78. The van der Waals surface area contributed by atoms with Crippen LogP contribution in [0.3, 0.4) is 0 Å². The summed E-state index contributed by atoms with van der Waals surface area (Å²) in [6, 6.07) is 10.3. The van der Waals surface area contributed by atoms with Gasteiger partial charge >= 0.3 is 6.03 Å². The van der Waals surface area contributed by atoms with Crippen LogP contribution in [0.5, 0.6) is 0 Å². The summed E-state index contributed by atoms with van der Waals surface area (Å²) in [5.74, 6) is 1.03. The van der Waals surface area contributed by atoms with E-state index in [-0.39, 0.29) is 16.2 Å². The molecular formula is C14H12N2OS2. The average molecular weight is 288 g/mol. The van der Waals surface area contributed by atoms with Crippen molar-refractivity contribution in [1.29, 1.82) is 0 Å². The van der Waals surface area contributed by atoms with Gasteiger partial charge in [0.25, 0.3) is 0 Å². The van der Waals surface area contributed by atoms with Gasteiger partial charge in [-0.3, -0.25) is 4.90 Å². The molecule has 0 saturated carbocycles.